The van der Waals surface area contributed by atoms with Crippen LogP contribution in [-0.4, -0.2) is 30.0 Å². The number of carbonyl (C=O) groups excluding carboxylic acids is 1. The summed E-state index contributed by atoms with van der Waals surface area (Å²) in [5, 5.41) is 2.73. The first-order valence-electron chi connectivity index (χ1n) is 8.86. The predicted molar refractivity (Wildman–Crippen MR) is 97.0 cm³/mol. The number of esters is 1. The lowest BCUT2D eigenvalue weighted by atomic mass is 9.85. The summed E-state index contributed by atoms with van der Waals surface area (Å²) in [5.41, 5.74) is -10.2. The van der Waals surface area contributed by atoms with Crippen LogP contribution in [0.3, 0.4) is 0 Å². The Morgan fingerprint density at radius 2 is 1.56 bits per heavy atom. The van der Waals surface area contributed by atoms with Gasteiger partial charge in [-0.25, -0.2) is 9.78 Å². The van der Waals surface area contributed by atoms with E-state index in [9.17, 15) is 44.3 Å². The van der Waals surface area contributed by atoms with Crippen molar-refractivity contribution in [3.63, 3.8) is 0 Å². The minimum absolute atomic E-state index is 0.0814. The Morgan fingerprint density at radius 1 is 1.00 bits per heavy atom. The molecule has 5 nitrogen and oxygen atoms in total. The van der Waals surface area contributed by atoms with E-state index in [1.807, 2.05) is 0 Å². The molecule has 2 aromatic rings. The van der Waals surface area contributed by atoms with Gasteiger partial charge in [0.25, 0.3) is 5.60 Å². The van der Waals surface area contributed by atoms with Crippen molar-refractivity contribution in [2.45, 2.75) is 30.6 Å². The largest absolute Gasteiger partial charge is 0.465 e. The summed E-state index contributed by atoms with van der Waals surface area (Å²) < 4.78 is 126. The number of pyridine rings is 1. The summed E-state index contributed by atoms with van der Waals surface area (Å²) in [7, 11) is 1.03. The maximum Gasteiger partial charge on any atom is 0.435 e. The highest BCUT2D eigenvalue weighted by atomic mass is 35.5. The fourth-order valence-corrected chi connectivity index (χ4v) is 3.32. The highest BCUT2D eigenvalue weighted by Crippen LogP contribution is 2.50. The molecule has 184 valence electrons. The van der Waals surface area contributed by atoms with Crippen molar-refractivity contribution in [2.24, 2.45) is 5.16 Å². The lowest BCUT2D eigenvalue weighted by Crippen LogP contribution is -2.43. The molecule has 15 heteroatoms. The average Bonchev–Trinajstić information content (AvgIpc) is 3.18. The summed E-state index contributed by atoms with van der Waals surface area (Å²) in [6.45, 7) is 0. The Labute approximate surface area is 189 Å². The first-order chi connectivity index (χ1) is 15.5. The number of alkyl halides is 9. The Hall–Kier alpha value is -3.03. The van der Waals surface area contributed by atoms with Gasteiger partial charge in [0.1, 0.15) is 10.9 Å². The second kappa shape index (κ2) is 8.32. The number of aromatic nitrogens is 1. The molecular weight excluding hydrogens is 511 g/mol. The zero-order valence-electron chi connectivity index (χ0n) is 16.5. The van der Waals surface area contributed by atoms with Crippen LogP contribution in [-0.2, 0) is 27.5 Å². The molecule has 0 radical (unpaired) electrons. The molecule has 34 heavy (non-hydrogen) atoms. The molecule has 1 aromatic carbocycles. The zero-order chi connectivity index (χ0) is 25.7. The molecule has 2 heterocycles. The SMILES string of the molecule is COC(=O)c1ccc(C2=NOC(c3cc(C(F)(F)F)cc(C(F)(F)F)c3)(C(F)(F)F)C2)nc1Cl. The van der Waals surface area contributed by atoms with Crippen LogP contribution in [0, 0.1) is 0 Å². The molecule has 1 aliphatic heterocycles. The molecule has 1 aromatic heterocycles. The van der Waals surface area contributed by atoms with Gasteiger partial charge in [0.05, 0.1) is 35.9 Å². The Kier molecular flexibility index (Phi) is 6.27. The summed E-state index contributed by atoms with van der Waals surface area (Å²) in [4.78, 5) is 19.8. The van der Waals surface area contributed by atoms with E-state index in [4.69, 9.17) is 11.6 Å². The number of methoxy groups -OCH3 is 1. The molecule has 0 spiro atoms. The second-order valence-electron chi connectivity index (χ2n) is 6.95. The number of oxime groups is 1. The lowest BCUT2D eigenvalue weighted by molar-refractivity contribution is -0.276. The van der Waals surface area contributed by atoms with Crippen LogP contribution >= 0.6 is 11.6 Å². The number of benzene rings is 1. The van der Waals surface area contributed by atoms with Gasteiger partial charge in [0.2, 0.25) is 0 Å². The number of hydrogen-bond donors (Lipinski definition) is 0. The molecule has 1 unspecified atom stereocenters. The Morgan fingerprint density at radius 3 is 2.00 bits per heavy atom. The van der Waals surface area contributed by atoms with Gasteiger partial charge in [-0.15, -0.1) is 0 Å². The van der Waals surface area contributed by atoms with Gasteiger partial charge in [0, 0.05) is 5.56 Å². The topological polar surface area (TPSA) is 60.8 Å². The van der Waals surface area contributed by atoms with Gasteiger partial charge in [-0.2, -0.15) is 39.5 Å². The average molecular weight is 521 g/mol. The Bertz CT molecular complexity index is 1130. The van der Waals surface area contributed by atoms with E-state index in [0.29, 0.717) is 0 Å². The van der Waals surface area contributed by atoms with Crippen molar-refractivity contribution in [2.75, 3.05) is 7.11 Å². The molecule has 0 fully saturated rings. The number of nitrogens with zero attached hydrogens (tertiary/aromatic N) is 2. The van der Waals surface area contributed by atoms with Crippen LogP contribution in [0.15, 0.2) is 35.5 Å². The van der Waals surface area contributed by atoms with E-state index in [2.05, 4.69) is 19.7 Å². The molecule has 0 amide bonds. The van der Waals surface area contributed by atoms with Gasteiger partial charge in [-0.3, -0.25) is 0 Å². The minimum Gasteiger partial charge on any atom is -0.465 e. The molecule has 3 rings (SSSR count). The Balaban J connectivity index is 2.12. The smallest absolute Gasteiger partial charge is 0.435 e. The van der Waals surface area contributed by atoms with Crippen molar-refractivity contribution < 1.29 is 53.9 Å². The third-order valence-corrected chi connectivity index (χ3v) is 5.08. The van der Waals surface area contributed by atoms with Crippen LogP contribution in [0.4, 0.5) is 39.5 Å². The van der Waals surface area contributed by atoms with Gasteiger partial charge in [-0.05, 0) is 30.3 Å². The number of halogens is 10. The van der Waals surface area contributed by atoms with Crippen molar-refractivity contribution in [1.29, 1.82) is 0 Å². The van der Waals surface area contributed by atoms with Crippen LogP contribution in [0.1, 0.15) is 39.2 Å². The van der Waals surface area contributed by atoms with E-state index in [0.717, 1.165) is 19.2 Å². The summed E-state index contributed by atoms with van der Waals surface area (Å²) in [5.74, 6) is -0.915. The monoisotopic (exact) mass is 520 g/mol. The van der Waals surface area contributed by atoms with E-state index in [1.165, 1.54) is 0 Å². The minimum atomic E-state index is -5.50. The highest BCUT2D eigenvalue weighted by Gasteiger charge is 2.63. The number of carbonyl (C=O) groups is 1. The van der Waals surface area contributed by atoms with Crippen LogP contribution in [0.5, 0.6) is 0 Å². The third kappa shape index (κ3) is 4.63. The van der Waals surface area contributed by atoms with Crippen molar-refractivity contribution in [3.05, 3.63) is 63.4 Å². The van der Waals surface area contributed by atoms with Gasteiger partial charge >= 0.3 is 24.5 Å². The maximum absolute atomic E-state index is 14.1. The molecule has 0 saturated carbocycles. The molecular formula is C19H10ClF9N2O3. The highest BCUT2D eigenvalue weighted by molar-refractivity contribution is 6.32. The van der Waals surface area contributed by atoms with Crippen LogP contribution in [0.2, 0.25) is 5.15 Å². The molecule has 0 N–H and O–H groups in total. The van der Waals surface area contributed by atoms with E-state index >= 15 is 0 Å². The van der Waals surface area contributed by atoms with Gasteiger partial charge in [0.15, 0.2) is 0 Å². The number of rotatable bonds is 3. The van der Waals surface area contributed by atoms with Crippen molar-refractivity contribution in [1.82, 2.24) is 4.98 Å². The fourth-order valence-electron chi connectivity index (χ4n) is 3.09. The molecule has 0 saturated heterocycles. The van der Waals surface area contributed by atoms with E-state index < -0.39 is 64.1 Å². The van der Waals surface area contributed by atoms with Crippen molar-refractivity contribution >= 4 is 23.3 Å². The maximum atomic E-state index is 14.1. The molecule has 1 atom stereocenters. The van der Waals surface area contributed by atoms with Gasteiger partial charge < -0.3 is 9.57 Å². The first-order valence-corrected chi connectivity index (χ1v) is 9.24. The van der Waals surface area contributed by atoms with E-state index in [-0.39, 0.29) is 29.5 Å². The summed E-state index contributed by atoms with van der Waals surface area (Å²) in [6, 6.07) is 1.58. The second-order valence-corrected chi connectivity index (χ2v) is 7.31. The molecule has 0 aliphatic carbocycles. The summed E-state index contributed by atoms with van der Waals surface area (Å²) in [6.07, 6.45) is -17.6. The molecule has 0 bridgehead atoms. The first kappa shape index (κ1) is 25.6. The number of hydrogen-bond acceptors (Lipinski definition) is 5. The normalized spacial score (nSPS) is 19.0. The van der Waals surface area contributed by atoms with Gasteiger partial charge in [-0.1, -0.05) is 16.8 Å². The summed E-state index contributed by atoms with van der Waals surface area (Å²) >= 11 is 5.82. The standard InChI is InChI=1S/C19H10ClF9N2O3/c1-33-15(32)11-2-3-12(30-14(11)20)13-7-16(34-31-13,19(27,28)29)8-4-9(17(21,22)23)6-10(5-8)18(24,25)26/h2-6H,7H2,1H3. The van der Waals surface area contributed by atoms with Crippen molar-refractivity contribution in [3.8, 4) is 0 Å². The predicted octanol–water partition coefficient (Wildman–Crippen LogP) is 6.14. The van der Waals surface area contributed by atoms with Crippen LogP contribution in [0.25, 0.3) is 0 Å². The van der Waals surface area contributed by atoms with E-state index in [1.54, 1.807) is 0 Å². The lowest BCUT2D eigenvalue weighted by Gasteiger charge is -2.30. The quantitative estimate of drug-likeness (QED) is 0.277. The number of ether oxygens (including phenoxy) is 1. The van der Waals surface area contributed by atoms with Crippen LogP contribution < -0.4 is 0 Å². The third-order valence-electron chi connectivity index (χ3n) is 4.79. The zero-order valence-corrected chi connectivity index (χ0v) is 17.2. The molecule has 1 aliphatic rings. The fraction of sp³-hybridized carbons (Fsp3) is 0.316.